The zero-order valence-electron chi connectivity index (χ0n) is 10.0. The van der Waals surface area contributed by atoms with E-state index in [2.05, 4.69) is 0 Å². The first-order valence-corrected chi connectivity index (χ1v) is 4.97. The fraction of sp³-hybridized carbons (Fsp3) is 0.417. The molecule has 0 aliphatic carbocycles. The maximum absolute atomic E-state index is 10.5. The topological polar surface area (TPSA) is 49.4 Å². The van der Waals surface area contributed by atoms with Crippen LogP contribution in [0.1, 0.15) is 18.9 Å². The van der Waals surface area contributed by atoms with Gasteiger partial charge in [-0.15, -0.1) is 0 Å². The van der Waals surface area contributed by atoms with Gasteiger partial charge < -0.3 is 14.6 Å². The molecule has 0 bridgehead atoms. The SMILES string of the molecule is COc1ccc(CCC(C)C(=O)[O-])cc1.[Na+]. The van der Waals surface area contributed by atoms with Crippen LogP contribution in [0.15, 0.2) is 24.3 Å². The molecule has 16 heavy (non-hydrogen) atoms. The minimum atomic E-state index is -0.983. The third-order valence-electron chi connectivity index (χ3n) is 2.43. The Balaban J connectivity index is 0.00000225. The average Bonchev–Trinajstić information content (AvgIpc) is 2.26. The van der Waals surface area contributed by atoms with Crippen LogP contribution in [0.3, 0.4) is 0 Å². The Labute approximate surface area is 118 Å². The molecule has 1 aromatic rings. The van der Waals surface area contributed by atoms with Gasteiger partial charge in [0.2, 0.25) is 0 Å². The summed E-state index contributed by atoms with van der Waals surface area (Å²) in [4.78, 5) is 10.5. The van der Waals surface area contributed by atoms with E-state index in [0.29, 0.717) is 6.42 Å². The maximum atomic E-state index is 10.5. The number of benzene rings is 1. The number of methoxy groups -OCH3 is 1. The van der Waals surface area contributed by atoms with Crippen molar-refractivity contribution >= 4 is 5.97 Å². The summed E-state index contributed by atoms with van der Waals surface area (Å²) in [6.45, 7) is 1.67. The summed E-state index contributed by atoms with van der Waals surface area (Å²) < 4.78 is 5.03. The molecule has 0 amide bonds. The summed E-state index contributed by atoms with van der Waals surface area (Å²) in [7, 11) is 1.62. The van der Waals surface area contributed by atoms with Crippen molar-refractivity contribution in [2.75, 3.05) is 7.11 Å². The van der Waals surface area contributed by atoms with Crippen LogP contribution in [0.25, 0.3) is 0 Å². The van der Waals surface area contributed by atoms with E-state index in [4.69, 9.17) is 4.74 Å². The maximum Gasteiger partial charge on any atom is 1.00 e. The number of aliphatic carboxylic acids is 1. The molecule has 0 saturated carbocycles. The van der Waals surface area contributed by atoms with Crippen LogP contribution in [0.5, 0.6) is 5.75 Å². The summed E-state index contributed by atoms with van der Waals surface area (Å²) in [5.74, 6) is -0.567. The van der Waals surface area contributed by atoms with E-state index in [9.17, 15) is 9.90 Å². The van der Waals surface area contributed by atoms with E-state index in [1.165, 1.54) is 0 Å². The monoisotopic (exact) mass is 230 g/mol. The molecule has 0 aromatic heterocycles. The molecule has 1 rings (SSSR count). The molecule has 0 aliphatic heterocycles. The van der Waals surface area contributed by atoms with Crippen molar-refractivity contribution in [2.24, 2.45) is 5.92 Å². The van der Waals surface area contributed by atoms with Crippen molar-refractivity contribution in [3.8, 4) is 5.75 Å². The summed E-state index contributed by atoms with van der Waals surface area (Å²) in [6, 6.07) is 7.64. The fourth-order valence-corrected chi connectivity index (χ4v) is 1.29. The van der Waals surface area contributed by atoms with Crippen LogP contribution >= 0.6 is 0 Å². The molecular formula is C12H15NaO3. The van der Waals surface area contributed by atoms with Crippen LogP contribution in [0, 0.1) is 5.92 Å². The molecule has 1 unspecified atom stereocenters. The molecule has 0 spiro atoms. The van der Waals surface area contributed by atoms with E-state index in [1.54, 1.807) is 14.0 Å². The molecule has 82 valence electrons. The van der Waals surface area contributed by atoms with Crippen molar-refractivity contribution in [1.29, 1.82) is 0 Å². The first-order valence-electron chi connectivity index (χ1n) is 4.97. The Morgan fingerprint density at radius 3 is 2.38 bits per heavy atom. The van der Waals surface area contributed by atoms with Gasteiger partial charge in [0.25, 0.3) is 0 Å². The van der Waals surface area contributed by atoms with Gasteiger partial charge in [0.15, 0.2) is 0 Å². The number of hydrogen-bond acceptors (Lipinski definition) is 3. The Kier molecular flexibility index (Phi) is 7.47. The summed E-state index contributed by atoms with van der Waals surface area (Å²) in [6.07, 6.45) is 1.35. The zero-order valence-corrected chi connectivity index (χ0v) is 12.0. The molecule has 1 aromatic carbocycles. The van der Waals surface area contributed by atoms with E-state index in [1.807, 2.05) is 24.3 Å². The number of carbonyl (C=O) groups is 1. The third kappa shape index (κ3) is 5.01. The molecule has 0 fully saturated rings. The van der Waals surface area contributed by atoms with Gasteiger partial charge in [0.05, 0.1) is 7.11 Å². The first kappa shape index (κ1) is 15.5. The molecule has 0 aliphatic rings. The number of hydrogen-bond donors (Lipinski definition) is 0. The van der Waals surface area contributed by atoms with Gasteiger partial charge >= 0.3 is 29.6 Å². The molecule has 0 radical (unpaired) electrons. The molecule has 0 saturated heterocycles. The van der Waals surface area contributed by atoms with Gasteiger partial charge in [0.1, 0.15) is 5.75 Å². The Morgan fingerprint density at radius 1 is 1.38 bits per heavy atom. The van der Waals surface area contributed by atoms with Crippen LogP contribution < -0.4 is 39.4 Å². The number of ether oxygens (including phenoxy) is 1. The second-order valence-electron chi connectivity index (χ2n) is 3.61. The van der Waals surface area contributed by atoms with E-state index in [0.717, 1.165) is 17.7 Å². The Morgan fingerprint density at radius 2 is 1.94 bits per heavy atom. The summed E-state index contributed by atoms with van der Waals surface area (Å²) >= 11 is 0. The van der Waals surface area contributed by atoms with Crippen molar-refractivity contribution in [1.82, 2.24) is 0 Å². The van der Waals surface area contributed by atoms with Crippen LogP contribution in [0.2, 0.25) is 0 Å². The fourth-order valence-electron chi connectivity index (χ4n) is 1.29. The quantitative estimate of drug-likeness (QED) is 0.551. The summed E-state index contributed by atoms with van der Waals surface area (Å²) in [5.41, 5.74) is 1.11. The van der Waals surface area contributed by atoms with Gasteiger partial charge in [-0.25, -0.2) is 0 Å². The summed E-state index contributed by atoms with van der Waals surface area (Å²) in [5, 5.41) is 10.5. The standard InChI is InChI=1S/C12H16O3.Na/c1-9(12(13)14)3-4-10-5-7-11(15-2)8-6-10;/h5-9H,3-4H2,1-2H3,(H,13,14);/q;+1/p-1. The number of carboxylic acid groups (broad SMARTS) is 1. The molecule has 3 nitrogen and oxygen atoms in total. The predicted molar refractivity (Wildman–Crippen MR) is 55.5 cm³/mol. The van der Waals surface area contributed by atoms with Gasteiger partial charge in [-0.05, 0) is 36.5 Å². The largest absolute Gasteiger partial charge is 1.00 e. The Hall–Kier alpha value is -0.510. The number of aryl methyl sites for hydroxylation is 1. The smallest absolute Gasteiger partial charge is 0.550 e. The van der Waals surface area contributed by atoms with E-state index >= 15 is 0 Å². The van der Waals surface area contributed by atoms with Crippen LogP contribution in [-0.2, 0) is 11.2 Å². The molecule has 4 heteroatoms. The number of carboxylic acids is 1. The Bertz CT molecular complexity index is 322. The minimum Gasteiger partial charge on any atom is -0.550 e. The van der Waals surface area contributed by atoms with Gasteiger partial charge in [-0.2, -0.15) is 0 Å². The van der Waals surface area contributed by atoms with Crippen LogP contribution in [-0.4, -0.2) is 13.1 Å². The van der Waals surface area contributed by atoms with Crippen molar-refractivity contribution in [2.45, 2.75) is 19.8 Å². The zero-order chi connectivity index (χ0) is 11.3. The molecular weight excluding hydrogens is 215 g/mol. The minimum absolute atomic E-state index is 0. The predicted octanol–water partition coefficient (Wildman–Crippen LogP) is -1.98. The first-order chi connectivity index (χ1) is 7.13. The molecule has 0 heterocycles. The second-order valence-corrected chi connectivity index (χ2v) is 3.61. The van der Waals surface area contributed by atoms with Gasteiger partial charge in [-0.1, -0.05) is 19.1 Å². The van der Waals surface area contributed by atoms with E-state index < -0.39 is 11.9 Å². The van der Waals surface area contributed by atoms with Crippen molar-refractivity contribution in [3.05, 3.63) is 29.8 Å². The molecule has 0 N–H and O–H groups in total. The van der Waals surface area contributed by atoms with Crippen LogP contribution in [0.4, 0.5) is 0 Å². The van der Waals surface area contributed by atoms with Crippen molar-refractivity contribution < 1.29 is 44.2 Å². The average molecular weight is 230 g/mol. The number of rotatable bonds is 5. The third-order valence-corrected chi connectivity index (χ3v) is 2.43. The van der Waals surface area contributed by atoms with Gasteiger partial charge in [-0.3, -0.25) is 0 Å². The van der Waals surface area contributed by atoms with E-state index in [-0.39, 0.29) is 29.6 Å². The van der Waals surface area contributed by atoms with Crippen molar-refractivity contribution in [3.63, 3.8) is 0 Å². The normalized spacial score (nSPS) is 11.4. The second kappa shape index (κ2) is 7.71. The number of carbonyl (C=O) groups excluding carboxylic acids is 1. The van der Waals surface area contributed by atoms with Gasteiger partial charge in [0, 0.05) is 5.97 Å². The molecule has 1 atom stereocenters.